The summed E-state index contributed by atoms with van der Waals surface area (Å²) < 4.78 is 1.59. The van der Waals surface area contributed by atoms with Crippen LogP contribution in [0.2, 0.25) is 0 Å². The number of carbonyl (C=O) groups is 1. The van der Waals surface area contributed by atoms with Crippen LogP contribution in [0.5, 0.6) is 0 Å². The standard InChI is InChI=1S/C14H21NO5/c1-2-10(9-17)3-4-11-7-13(18)12(14(19)20)8-15(11)5-6-16/h7-8,10,16-17H,2-6,9H2,1H3,(H,19,20). The molecule has 0 bridgehead atoms. The lowest BCUT2D eigenvalue weighted by Gasteiger charge is -2.16. The van der Waals surface area contributed by atoms with E-state index in [9.17, 15) is 9.59 Å². The number of rotatable bonds is 8. The highest BCUT2D eigenvalue weighted by Gasteiger charge is 2.13. The lowest BCUT2D eigenvalue weighted by molar-refractivity contribution is 0.0694. The molecule has 0 spiro atoms. The van der Waals surface area contributed by atoms with E-state index in [1.807, 2.05) is 6.92 Å². The molecule has 0 fully saturated rings. The van der Waals surface area contributed by atoms with E-state index in [2.05, 4.69) is 0 Å². The first kappa shape index (κ1) is 16.4. The molecule has 1 heterocycles. The Bertz CT molecular complexity index is 505. The summed E-state index contributed by atoms with van der Waals surface area (Å²) in [6.45, 7) is 2.18. The number of pyridine rings is 1. The number of hydrogen-bond donors (Lipinski definition) is 3. The number of carboxylic acid groups (broad SMARTS) is 1. The molecule has 0 amide bonds. The predicted molar refractivity (Wildman–Crippen MR) is 73.9 cm³/mol. The van der Waals surface area contributed by atoms with Gasteiger partial charge < -0.3 is 19.9 Å². The van der Waals surface area contributed by atoms with Crippen molar-refractivity contribution < 1.29 is 20.1 Å². The van der Waals surface area contributed by atoms with Crippen molar-refractivity contribution in [1.82, 2.24) is 4.57 Å². The fourth-order valence-corrected chi connectivity index (χ4v) is 2.08. The van der Waals surface area contributed by atoms with Crippen molar-refractivity contribution in [1.29, 1.82) is 0 Å². The molecule has 6 nitrogen and oxygen atoms in total. The Labute approximate surface area is 117 Å². The van der Waals surface area contributed by atoms with Crippen LogP contribution in [-0.2, 0) is 13.0 Å². The average molecular weight is 283 g/mol. The van der Waals surface area contributed by atoms with Gasteiger partial charge in [-0.3, -0.25) is 4.79 Å². The number of hydrogen-bond acceptors (Lipinski definition) is 4. The zero-order chi connectivity index (χ0) is 15.1. The highest BCUT2D eigenvalue weighted by Crippen LogP contribution is 2.12. The van der Waals surface area contributed by atoms with Gasteiger partial charge in [-0.25, -0.2) is 4.79 Å². The van der Waals surface area contributed by atoms with Crippen LogP contribution >= 0.6 is 0 Å². The molecule has 1 atom stereocenters. The van der Waals surface area contributed by atoms with Gasteiger partial charge in [0.15, 0.2) is 5.43 Å². The Hall–Kier alpha value is -1.66. The summed E-state index contributed by atoms with van der Waals surface area (Å²) in [4.78, 5) is 22.7. The summed E-state index contributed by atoms with van der Waals surface area (Å²) in [5, 5.41) is 27.1. The van der Waals surface area contributed by atoms with Gasteiger partial charge >= 0.3 is 5.97 Å². The van der Waals surface area contributed by atoms with Gasteiger partial charge in [-0.05, 0) is 18.8 Å². The van der Waals surface area contributed by atoms with E-state index in [-0.39, 0.29) is 31.2 Å². The third-order valence-electron chi connectivity index (χ3n) is 3.43. The monoisotopic (exact) mass is 283 g/mol. The SMILES string of the molecule is CCC(CO)CCc1cc(=O)c(C(=O)O)cn1CCO. The van der Waals surface area contributed by atoms with Crippen LogP contribution in [-0.4, -0.2) is 39.1 Å². The number of aliphatic hydroxyl groups is 2. The molecule has 1 rings (SSSR count). The molecule has 20 heavy (non-hydrogen) atoms. The summed E-state index contributed by atoms with van der Waals surface area (Å²) in [6, 6.07) is 1.31. The Morgan fingerprint density at radius 2 is 2.10 bits per heavy atom. The van der Waals surface area contributed by atoms with Crippen molar-refractivity contribution in [2.75, 3.05) is 13.2 Å². The number of aryl methyl sites for hydroxylation is 1. The largest absolute Gasteiger partial charge is 0.477 e. The average Bonchev–Trinajstić information content (AvgIpc) is 2.42. The number of aromatic nitrogens is 1. The number of aliphatic hydroxyl groups excluding tert-OH is 2. The first-order valence-electron chi connectivity index (χ1n) is 6.71. The maximum atomic E-state index is 11.7. The fourth-order valence-electron chi connectivity index (χ4n) is 2.08. The van der Waals surface area contributed by atoms with Crippen molar-refractivity contribution in [2.24, 2.45) is 5.92 Å². The Balaban J connectivity index is 3.02. The van der Waals surface area contributed by atoms with E-state index < -0.39 is 11.4 Å². The first-order valence-corrected chi connectivity index (χ1v) is 6.71. The summed E-state index contributed by atoms with van der Waals surface area (Å²) >= 11 is 0. The molecule has 1 unspecified atom stereocenters. The van der Waals surface area contributed by atoms with E-state index in [4.69, 9.17) is 15.3 Å². The summed E-state index contributed by atoms with van der Waals surface area (Å²) in [5.74, 6) is -1.11. The van der Waals surface area contributed by atoms with Crippen molar-refractivity contribution in [3.63, 3.8) is 0 Å². The normalized spacial score (nSPS) is 12.3. The minimum absolute atomic E-state index is 0.0912. The smallest absolute Gasteiger partial charge is 0.341 e. The van der Waals surface area contributed by atoms with E-state index in [0.717, 1.165) is 6.42 Å². The van der Waals surface area contributed by atoms with Gasteiger partial charge in [0.25, 0.3) is 0 Å². The molecule has 0 saturated carbocycles. The molecule has 0 radical (unpaired) electrons. The van der Waals surface area contributed by atoms with E-state index >= 15 is 0 Å². The van der Waals surface area contributed by atoms with E-state index in [1.165, 1.54) is 12.3 Å². The van der Waals surface area contributed by atoms with Crippen LogP contribution in [0, 0.1) is 5.92 Å². The van der Waals surface area contributed by atoms with Gasteiger partial charge in [-0.2, -0.15) is 0 Å². The van der Waals surface area contributed by atoms with Crippen LogP contribution in [0.25, 0.3) is 0 Å². The molecule has 3 N–H and O–H groups in total. The molecule has 112 valence electrons. The number of carboxylic acids is 1. The van der Waals surface area contributed by atoms with Crippen LogP contribution in [0.4, 0.5) is 0 Å². The second kappa shape index (κ2) is 7.81. The zero-order valence-corrected chi connectivity index (χ0v) is 11.6. The topological polar surface area (TPSA) is 99.8 Å². The lowest BCUT2D eigenvalue weighted by Crippen LogP contribution is -2.21. The van der Waals surface area contributed by atoms with Gasteiger partial charge in [0.2, 0.25) is 0 Å². The van der Waals surface area contributed by atoms with E-state index in [1.54, 1.807) is 4.57 Å². The van der Waals surface area contributed by atoms with Crippen LogP contribution in [0.3, 0.4) is 0 Å². The first-order chi connectivity index (χ1) is 9.53. The second-order valence-electron chi connectivity index (χ2n) is 4.76. The highest BCUT2D eigenvalue weighted by atomic mass is 16.4. The quantitative estimate of drug-likeness (QED) is 0.645. The fraction of sp³-hybridized carbons (Fsp3) is 0.571. The minimum atomic E-state index is -1.27. The van der Waals surface area contributed by atoms with E-state index in [0.29, 0.717) is 18.5 Å². The van der Waals surface area contributed by atoms with Crippen molar-refractivity contribution in [2.45, 2.75) is 32.7 Å². The van der Waals surface area contributed by atoms with Gasteiger partial charge in [-0.15, -0.1) is 0 Å². The van der Waals surface area contributed by atoms with Gasteiger partial charge in [0.1, 0.15) is 5.56 Å². The molecule has 1 aromatic rings. The molecule has 0 aliphatic rings. The maximum absolute atomic E-state index is 11.7. The molecule has 0 saturated heterocycles. The molecular weight excluding hydrogens is 262 g/mol. The minimum Gasteiger partial charge on any atom is -0.477 e. The third-order valence-corrected chi connectivity index (χ3v) is 3.43. The summed E-state index contributed by atoms with van der Waals surface area (Å²) in [5.41, 5.74) is -0.143. The summed E-state index contributed by atoms with van der Waals surface area (Å²) in [6.07, 6.45) is 3.39. The predicted octanol–water partition coefficient (Wildman–Crippen LogP) is 0.490. The summed E-state index contributed by atoms with van der Waals surface area (Å²) in [7, 11) is 0. The maximum Gasteiger partial charge on any atom is 0.341 e. The van der Waals surface area contributed by atoms with Crippen LogP contribution in [0.1, 0.15) is 35.8 Å². The molecule has 1 aromatic heterocycles. The Morgan fingerprint density at radius 3 is 2.60 bits per heavy atom. The van der Waals surface area contributed by atoms with Gasteiger partial charge in [0.05, 0.1) is 6.61 Å². The Morgan fingerprint density at radius 1 is 1.40 bits per heavy atom. The van der Waals surface area contributed by atoms with Crippen LogP contribution < -0.4 is 5.43 Å². The number of nitrogens with zero attached hydrogens (tertiary/aromatic N) is 1. The molecular formula is C14H21NO5. The molecule has 0 aliphatic heterocycles. The number of aromatic carboxylic acids is 1. The van der Waals surface area contributed by atoms with Crippen molar-refractivity contribution >= 4 is 5.97 Å². The zero-order valence-electron chi connectivity index (χ0n) is 11.6. The molecule has 0 aromatic carbocycles. The lowest BCUT2D eigenvalue weighted by atomic mass is 9.99. The third kappa shape index (κ3) is 4.18. The Kier molecular flexibility index (Phi) is 6.41. The van der Waals surface area contributed by atoms with Crippen LogP contribution in [0.15, 0.2) is 17.1 Å². The second-order valence-corrected chi connectivity index (χ2v) is 4.76. The molecule has 0 aliphatic carbocycles. The molecule has 6 heteroatoms. The van der Waals surface area contributed by atoms with Gasteiger partial charge in [0, 0.05) is 31.1 Å². The van der Waals surface area contributed by atoms with Crippen molar-refractivity contribution in [3.8, 4) is 0 Å². The van der Waals surface area contributed by atoms with Gasteiger partial charge in [-0.1, -0.05) is 13.3 Å². The van der Waals surface area contributed by atoms with Crippen molar-refractivity contribution in [3.05, 3.63) is 33.7 Å². The highest BCUT2D eigenvalue weighted by molar-refractivity contribution is 5.87.